The van der Waals surface area contributed by atoms with Gasteiger partial charge in [0.1, 0.15) is 17.5 Å². The third-order valence-electron chi connectivity index (χ3n) is 5.97. The Morgan fingerprint density at radius 1 is 1.21 bits per heavy atom. The fourth-order valence-corrected chi connectivity index (χ4v) is 4.34. The molecule has 2 unspecified atom stereocenters. The summed E-state index contributed by atoms with van der Waals surface area (Å²) < 4.78 is 11.1. The minimum Gasteiger partial charge on any atom is -0.481 e. The molecule has 1 amide bonds. The average molecular weight is 481 g/mol. The zero-order chi connectivity index (χ0) is 24.2. The summed E-state index contributed by atoms with van der Waals surface area (Å²) in [5.74, 6) is -0.673. The molecule has 0 saturated carbocycles. The van der Waals surface area contributed by atoms with Crippen molar-refractivity contribution in [2.75, 3.05) is 5.32 Å². The number of ether oxygens (including phenoxy) is 1. The van der Waals surface area contributed by atoms with Gasteiger partial charge in [0.05, 0.1) is 5.92 Å². The number of allylic oxidation sites excluding steroid dienone is 2. The standard InChI is InChI=1S/C26H25ClN2O5/c1-15-23(28-26(32)33-16(2)21-8-3-4-9-22(21)27)24(34-29-15)20-7-5-6-19(14-20)17-10-12-18(13-11-17)25(30)31/h3-10,14,16,18H,11-13H2,1-2H3,(H,28,32)(H,30,31). The molecular weight excluding hydrogens is 456 g/mol. The highest BCUT2D eigenvalue weighted by molar-refractivity contribution is 6.31. The zero-order valence-electron chi connectivity index (χ0n) is 18.9. The van der Waals surface area contributed by atoms with E-state index in [0.29, 0.717) is 47.0 Å². The number of nitrogens with one attached hydrogen (secondary N) is 1. The van der Waals surface area contributed by atoms with Crippen molar-refractivity contribution in [2.24, 2.45) is 5.92 Å². The van der Waals surface area contributed by atoms with Crippen LogP contribution in [0.1, 0.15) is 49.1 Å². The molecule has 3 aromatic rings. The molecule has 0 spiro atoms. The van der Waals surface area contributed by atoms with Crippen molar-refractivity contribution in [1.29, 1.82) is 0 Å². The molecule has 4 rings (SSSR count). The fraction of sp³-hybridized carbons (Fsp3) is 0.269. The van der Waals surface area contributed by atoms with Crippen LogP contribution in [0.3, 0.4) is 0 Å². The van der Waals surface area contributed by atoms with E-state index in [-0.39, 0.29) is 5.92 Å². The van der Waals surface area contributed by atoms with E-state index < -0.39 is 18.2 Å². The number of halogens is 1. The molecule has 2 aromatic carbocycles. The van der Waals surface area contributed by atoms with Crippen molar-refractivity contribution in [3.05, 3.63) is 76.5 Å². The lowest BCUT2D eigenvalue weighted by molar-refractivity contribution is -0.141. The largest absolute Gasteiger partial charge is 0.481 e. The van der Waals surface area contributed by atoms with Crippen molar-refractivity contribution in [2.45, 2.75) is 39.2 Å². The van der Waals surface area contributed by atoms with Crippen LogP contribution in [0.4, 0.5) is 10.5 Å². The highest BCUT2D eigenvalue weighted by atomic mass is 35.5. The van der Waals surface area contributed by atoms with Crippen molar-refractivity contribution in [1.82, 2.24) is 5.16 Å². The predicted octanol–water partition coefficient (Wildman–Crippen LogP) is 6.88. The van der Waals surface area contributed by atoms with Crippen LogP contribution in [-0.2, 0) is 9.53 Å². The maximum absolute atomic E-state index is 12.6. The van der Waals surface area contributed by atoms with Gasteiger partial charge in [0.2, 0.25) is 0 Å². The van der Waals surface area contributed by atoms with Crippen molar-refractivity contribution in [3.63, 3.8) is 0 Å². The molecule has 1 aromatic heterocycles. The number of amides is 1. The number of hydrogen-bond acceptors (Lipinski definition) is 5. The second-order valence-corrected chi connectivity index (χ2v) is 8.69. The van der Waals surface area contributed by atoms with Crippen LogP contribution < -0.4 is 5.32 Å². The number of benzene rings is 2. The van der Waals surface area contributed by atoms with Gasteiger partial charge in [-0.25, -0.2) is 4.79 Å². The first kappa shape index (κ1) is 23.6. The zero-order valence-corrected chi connectivity index (χ0v) is 19.6. The molecule has 0 aliphatic heterocycles. The van der Waals surface area contributed by atoms with E-state index in [1.54, 1.807) is 26.0 Å². The molecule has 2 N–H and O–H groups in total. The number of nitrogens with zero attached hydrogens (tertiary/aromatic N) is 1. The molecule has 1 heterocycles. The highest BCUT2D eigenvalue weighted by Crippen LogP contribution is 2.36. The Labute approximate surface area is 202 Å². The fourth-order valence-electron chi connectivity index (χ4n) is 4.06. The SMILES string of the molecule is Cc1noc(-c2cccc(C3=CCC(C(=O)O)CC3)c2)c1NC(=O)OC(C)c1ccccc1Cl. The van der Waals surface area contributed by atoms with Crippen LogP contribution in [0.15, 0.2) is 59.1 Å². The van der Waals surface area contributed by atoms with Crippen molar-refractivity contribution in [3.8, 4) is 11.3 Å². The Balaban J connectivity index is 1.52. The molecule has 0 bridgehead atoms. The maximum atomic E-state index is 12.6. The molecule has 0 saturated heterocycles. The van der Waals surface area contributed by atoms with Crippen molar-refractivity contribution < 1.29 is 24.0 Å². The Morgan fingerprint density at radius 2 is 1.97 bits per heavy atom. The van der Waals surface area contributed by atoms with Gasteiger partial charge in [0, 0.05) is 16.1 Å². The summed E-state index contributed by atoms with van der Waals surface area (Å²) in [4.78, 5) is 23.9. The number of hydrogen-bond donors (Lipinski definition) is 2. The molecule has 0 radical (unpaired) electrons. The molecule has 1 aliphatic carbocycles. The van der Waals surface area contributed by atoms with Gasteiger partial charge in [0.15, 0.2) is 5.76 Å². The lowest BCUT2D eigenvalue weighted by Gasteiger charge is -2.19. The number of anilines is 1. The van der Waals surface area contributed by atoms with Gasteiger partial charge in [-0.1, -0.05) is 59.2 Å². The molecule has 1 aliphatic rings. The number of aryl methyl sites for hydroxylation is 1. The van der Waals surface area contributed by atoms with Crippen LogP contribution in [0, 0.1) is 12.8 Å². The summed E-state index contributed by atoms with van der Waals surface area (Å²) in [6.45, 7) is 3.48. The van der Waals surface area contributed by atoms with Gasteiger partial charge < -0.3 is 14.4 Å². The monoisotopic (exact) mass is 480 g/mol. The second-order valence-electron chi connectivity index (χ2n) is 8.29. The van der Waals surface area contributed by atoms with E-state index in [1.165, 1.54) is 0 Å². The summed E-state index contributed by atoms with van der Waals surface area (Å²) in [5.41, 5.74) is 4.48. The van der Waals surface area contributed by atoms with E-state index in [1.807, 2.05) is 42.5 Å². The van der Waals surface area contributed by atoms with Crippen LogP contribution in [-0.4, -0.2) is 22.3 Å². The van der Waals surface area contributed by atoms with E-state index in [0.717, 1.165) is 16.7 Å². The number of aromatic nitrogens is 1. The highest BCUT2D eigenvalue weighted by Gasteiger charge is 2.23. The number of carbonyl (C=O) groups excluding carboxylic acids is 1. The van der Waals surface area contributed by atoms with Crippen LogP contribution in [0.5, 0.6) is 0 Å². The van der Waals surface area contributed by atoms with Gasteiger partial charge in [0.25, 0.3) is 0 Å². The van der Waals surface area contributed by atoms with Gasteiger partial charge in [-0.3, -0.25) is 10.1 Å². The van der Waals surface area contributed by atoms with E-state index in [4.69, 9.17) is 20.9 Å². The number of carboxylic acids is 1. The Morgan fingerprint density at radius 3 is 2.68 bits per heavy atom. The van der Waals surface area contributed by atoms with Gasteiger partial charge in [-0.15, -0.1) is 0 Å². The molecule has 176 valence electrons. The Kier molecular flexibility index (Phi) is 7.03. The Hall–Kier alpha value is -3.58. The number of aliphatic carboxylic acids is 1. The third-order valence-corrected chi connectivity index (χ3v) is 6.32. The topological polar surface area (TPSA) is 102 Å². The first-order valence-corrected chi connectivity index (χ1v) is 11.4. The summed E-state index contributed by atoms with van der Waals surface area (Å²) in [6.07, 6.45) is 2.60. The quantitative estimate of drug-likeness (QED) is 0.398. The van der Waals surface area contributed by atoms with Crippen LogP contribution in [0.25, 0.3) is 16.9 Å². The average Bonchev–Trinajstić information content (AvgIpc) is 3.19. The summed E-state index contributed by atoms with van der Waals surface area (Å²) in [6, 6.07) is 14.9. The molecule has 0 fully saturated rings. The normalized spacial score (nSPS) is 16.4. The summed E-state index contributed by atoms with van der Waals surface area (Å²) in [7, 11) is 0. The summed E-state index contributed by atoms with van der Waals surface area (Å²) >= 11 is 6.21. The maximum Gasteiger partial charge on any atom is 0.412 e. The van der Waals surface area contributed by atoms with E-state index in [2.05, 4.69) is 10.5 Å². The van der Waals surface area contributed by atoms with Gasteiger partial charge >= 0.3 is 12.1 Å². The number of carboxylic acid groups (broad SMARTS) is 1. The first-order chi connectivity index (χ1) is 16.3. The van der Waals surface area contributed by atoms with Crippen molar-refractivity contribution >= 4 is 34.9 Å². The molecule has 34 heavy (non-hydrogen) atoms. The Bertz CT molecular complexity index is 1250. The lowest BCUT2D eigenvalue weighted by Crippen LogP contribution is -2.17. The molecule has 7 nitrogen and oxygen atoms in total. The minimum absolute atomic E-state index is 0.334. The number of rotatable bonds is 6. The van der Waals surface area contributed by atoms with E-state index in [9.17, 15) is 14.7 Å². The van der Waals surface area contributed by atoms with Gasteiger partial charge in [-0.2, -0.15) is 0 Å². The molecule has 2 atom stereocenters. The first-order valence-electron chi connectivity index (χ1n) is 11.0. The smallest absolute Gasteiger partial charge is 0.412 e. The minimum atomic E-state index is -0.757. The second kappa shape index (κ2) is 10.1. The lowest BCUT2D eigenvalue weighted by atomic mass is 9.86. The van der Waals surface area contributed by atoms with Crippen LogP contribution >= 0.6 is 11.6 Å². The van der Waals surface area contributed by atoms with Crippen LogP contribution in [0.2, 0.25) is 5.02 Å². The third kappa shape index (κ3) is 5.15. The van der Waals surface area contributed by atoms with E-state index >= 15 is 0 Å². The summed E-state index contributed by atoms with van der Waals surface area (Å²) in [5, 5.41) is 16.5. The molecular formula is C26H25ClN2O5. The number of carbonyl (C=O) groups is 2. The predicted molar refractivity (Wildman–Crippen MR) is 130 cm³/mol. The van der Waals surface area contributed by atoms with Gasteiger partial charge in [-0.05, 0) is 56.4 Å². The molecule has 8 heteroatoms.